The van der Waals surface area contributed by atoms with E-state index in [4.69, 9.17) is 0 Å². The molecule has 3 heteroatoms. The summed E-state index contributed by atoms with van der Waals surface area (Å²) in [7, 11) is -1.27. The number of alkyl halides is 1. The Morgan fingerprint density at radius 2 is 2.21 bits per heavy atom. The Labute approximate surface area is 95.0 Å². The van der Waals surface area contributed by atoms with E-state index in [2.05, 4.69) is 47.7 Å². The average molecular weight is 273 g/mol. The lowest BCUT2D eigenvalue weighted by Crippen LogP contribution is -2.30. The molecule has 0 aromatic carbocycles. The zero-order valence-corrected chi connectivity index (χ0v) is 11.6. The molecule has 0 aliphatic heterocycles. The maximum atomic E-state index is 9.49. The maximum absolute atomic E-state index is 9.49. The van der Waals surface area contributed by atoms with E-state index in [0.717, 1.165) is 6.42 Å². The number of allylic oxidation sites excluding steroid dienone is 3. The van der Waals surface area contributed by atoms with Crippen molar-refractivity contribution in [2.24, 2.45) is 5.92 Å². The van der Waals surface area contributed by atoms with E-state index in [1.54, 1.807) is 5.20 Å². The van der Waals surface area contributed by atoms with Crippen molar-refractivity contribution in [1.29, 1.82) is 0 Å². The van der Waals surface area contributed by atoms with Crippen LogP contribution in [0.2, 0.25) is 19.6 Å². The molecule has 0 fully saturated rings. The molecular formula is C11H17BrOSi. The average Bonchev–Trinajstić information content (AvgIpc) is 2.54. The maximum Gasteiger partial charge on any atom is 0.0733 e. The molecule has 1 nitrogen and oxygen atoms in total. The van der Waals surface area contributed by atoms with Gasteiger partial charge in [0.05, 0.1) is 19.0 Å². The van der Waals surface area contributed by atoms with Crippen LogP contribution in [0.4, 0.5) is 0 Å². The van der Waals surface area contributed by atoms with Crippen molar-refractivity contribution in [1.82, 2.24) is 0 Å². The van der Waals surface area contributed by atoms with E-state index in [0.29, 0.717) is 5.92 Å². The molecule has 0 saturated carbocycles. The van der Waals surface area contributed by atoms with Gasteiger partial charge in [0.2, 0.25) is 0 Å². The van der Waals surface area contributed by atoms with Crippen LogP contribution < -0.4 is 0 Å². The molecule has 2 aliphatic carbocycles. The summed E-state index contributed by atoms with van der Waals surface area (Å²) in [5.74, 6) is 0.600. The number of rotatable bonds is 2. The normalized spacial score (nSPS) is 35.9. The summed E-state index contributed by atoms with van der Waals surface area (Å²) >= 11 is 3.76. The summed E-state index contributed by atoms with van der Waals surface area (Å²) in [5, 5.41) is 11.1. The highest BCUT2D eigenvalue weighted by Crippen LogP contribution is 2.53. The molecule has 0 aromatic rings. The van der Waals surface area contributed by atoms with Gasteiger partial charge in [0.15, 0.2) is 0 Å². The minimum absolute atomic E-state index is 0.00201. The Bertz CT molecular complexity index is 327. The molecule has 2 unspecified atom stereocenters. The van der Waals surface area contributed by atoms with Crippen molar-refractivity contribution >= 4 is 24.0 Å². The Hall–Kier alpha value is 0.137. The first-order valence-corrected chi connectivity index (χ1v) is 9.41. The fraction of sp³-hybridized carbons (Fsp3) is 0.636. The number of hydrogen-bond donors (Lipinski definition) is 1. The standard InChI is InChI=1S/C11H17BrOSi/c1-14(2,3)10-8-4-5-11(12,6-8)9(10)7-13/h4-5,8,13H,6-7H2,1-3H3. The van der Waals surface area contributed by atoms with Crippen LogP contribution >= 0.6 is 15.9 Å². The van der Waals surface area contributed by atoms with E-state index in [1.807, 2.05) is 0 Å². The minimum Gasteiger partial charge on any atom is -0.392 e. The third kappa shape index (κ3) is 1.37. The third-order valence-corrected chi connectivity index (χ3v) is 6.63. The molecule has 2 bridgehead atoms. The largest absolute Gasteiger partial charge is 0.392 e. The van der Waals surface area contributed by atoms with E-state index >= 15 is 0 Å². The van der Waals surface area contributed by atoms with Gasteiger partial charge in [-0.3, -0.25) is 0 Å². The lowest BCUT2D eigenvalue weighted by molar-refractivity contribution is 0.325. The number of halogens is 1. The Morgan fingerprint density at radius 3 is 2.64 bits per heavy atom. The van der Waals surface area contributed by atoms with Gasteiger partial charge >= 0.3 is 0 Å². The van der Waals surface area contributed by atoms with Crippen LogP contribution in [0.5, 0.6) is 0 Å². The monoisotopic (exact) mass is 272 g/mol. The Morgan fingerprint density at radius 1 is 1.57 bits per heavy atom. The van der Waals surface area contributed by atoms with Gasteiger partial charge in [-0.15, -0.1) is 0 Å². The van der Waals surface area contributed by atoms with Gasteiger partial charge in [0.1, 0.15) is 0 Å². The van der Waals surface area contributed by atoms with Crippen molar-refractivity contribution in [2.75, 3.05) is 6.61 Å². The van der Waals surface area contributed by atoms with Crippen LogP contribution in [0.25, 0.3) is 0 Å². The van der Waals surface area contributed by atoms with Gasteiger partial charge in [0.25, 0.3) is 0 Å². The fourth-order valence-corrected chi connectivity index (χ4v) is 6.36. The molecule has 2 aliphatic rings. The van der Waals surface area contributed by atoms with Gasteiger partial charge in [-0.2, -0.15) is 0 Å². The van der Waals surface area contributed by atoms with Crippen LogP contribution in [0.1, 0.15) is 6.42 Å². The summed E-state index contributed by atoms with van der Waals surface area (Å²) in [5.41, 5.74) is 1.25. The molecule has 2 rings (SSSR count). The lowest BCUT2D eigenvalue weighted by Gasteiger charge is -2.27. The summed E-state index contributed by atoms with van der Waals surface area (Å²) in [4.78, 5) is 0. The second kappa shape index (κ2) is 3.06. The summed E-state index contributed by atoms with van der Waals surface area (Å²) in [6.07, 6.45) is 5.65. The van der Waals surface area contributed by atoms with Gasteiger partial charge < -0.3 is 5.11 Å². The number of hydrogen-bond acceptors (Lipinski definition) is 1. The lowest BCUT2D eigenvalue weighted by atomic mass is 10.0. The Balaban J connectivity index is 2.49. The third-order valence-electron chi connectivity index (χ3n) is 3.27. The first-order chi connectivity index (χ1) is 6.38. The SMILES string of the molecule is C[Si](C)(C)C1=C(CO)C2(Br)C=CC1C2. The van der Waals surface area contributed by atoms with Crippen molar-refractivity contribution in [3.8, 4) is 0 Å². The second-order valence-electron chi connectivity index (χ2n) is 5.33. The number of aliphatic hydroxyl groups is 1. The Kier molecular flexibility index (Phi) is 2.33. The van der Waals surface area contributed by atoms with Gasteiger partial charge in [-0.25, -0.2) is 0 Å². The molecule has 0 heterocycles. The van der Waals surface area contributed by atoms with Crippen molar-refractivity contribution < 1.29 is 5.11 Å². The van der Waals surface area contributed by atoms with Crippen LogP contribution in [0.3, 0.4) is 0 Å². The first kappa shape index (κ1) is 10.6. The van der Waals surface area contributed by atoms with E-state index in [1.165, 1.54) is 5.57 Å². The van der Waals surface area contributed by atoms with Crippen LogP contribution in [0.15, 0.2) is 22.9 Å². The summed E-state index contributed by atoms with van der Waals surface area (Å²) in [6.45, 7) is 7.31. The van der Waals surface area contributed by atoms with Crippen LogP contribution in [-0.4, -0.2) is 24.1 Å². The topological polar surface area (TPSA) is 20.2 Å². The highest BCUT2D eigenvalue weighted by Gasteiger charge is 2.48. The van der Waals surface area contributed by atoms with E-state index in [-0.39, 0.29) is 10.9 Å². The van der Waals surface area contributed by atoms with Crippen molar-refractivity contribution in [2.45, 2.75) is 30.4 Å². The molecule has 1 N–H and O–H groups in total. The molecule has 0 saturated heterocycles. The fourth-order valence-electron chi connectivity index (χ4n) is 2.82. The molecular weight excluding hydrogens is 256 g/mol. The number of fused-ring (bicyclic) bond motifs is 2. The predicted molar refractivity (Wildman–Crippen MR) is 66.4 cm³/mol. The quantitative estimate of drug-likeness (QED) is 0.466. The minimum atomic E-state index is -1.27. The van der Waals surface area contributed by atoms with E-state index < -0.39 is 8.07 Å². The second-order valence-corrected chi connectivity index (χ2v) is 11.8. The number of aliphatic hydroxyl groups excluding tert-OH is 1. The van der Waals surface area contributed by atoms with Gasteiger partial charge in [0, 0.05) is 0 Å². The molecule has 0 aromatic heterocycles. The smallest absolute Gasteiger partial charge is 0.0733 e. The predicted octanol–water partition coefficient (Wildman–Crippen LogP) is 2.88. The van der Waals surface area contributed by atoms with Gasteiger partial charge in [-0.05, 0) is 17.9 Å². The van der Waals surface area contributed by atoms with Crippen molar-refractivity contribution in [3.05, 3.63) is 22.9 Å². The van der Waals surface area contributed by atoms with Crippen LogP contribution in [-0.2, 0) is 0 Å². The molecule has 2 atom stereocenters. The van der Waals surface area contributed by atoms with Crippen molar-refractivity contribution in [3.63, 3.8) is 0 Å². The zero-order valence-electron chi connectivity index (χ0n) is 8.97. The molecule has 78 valence electrons. The molecule has 14 heavy (non-hydrogen) atoms. The highest BCUT2D eigenvalue weighted by atomic mass is 79.9. The van der Waals surface area contributed by atoms with E-state index in [9.17, 15) is 5.11 Å². The molecule has 0 amide bonds. The van der Waals surface area contributed by atoms with Gasteiger partial charge in [-0.1, -0.05) is 52.9 Å². The molecule has 0 radical (unpaired) electrons. The van der Waals surface area contributed by atoms with Crippen LogP contribution in [0, 0.1) is 5.92 Å². The zero-order chi connectivity index (χ0) is 10.6. The summed E-state index contributed by atoms with van der Waals surface area (Å²) in [6, 6.07) is 0. The molecule has 0 spiro atoms. The first-order valence-electron chi connectivity index (χ1n) is 5.11. The summed E-state index contributed by atoms with van der Waals surface area (Å²) < 4.78 is 0.00201. The highest BCUT2D eigenvalue weighted by molar-refractivity contribution is 9.10.